The first-order chi connectivity index (χ1) is 14.7. The SMILES string of the molecule is CCc1oc2cc(S(=O)(=O)N(CC)CC)ccc2c1C(=NO)c1cc(Br)c(O)c(Br)c1. The summed E-state index contributed by atoms with van der Waals surface area (Å²) in [5, 5.41) is 24.0. The fourth-order valence-corrected chi connectivity index (χ4v) is 6.12. The number of hydrogen-bond acceptors (Lipinski definition) is 6. The van der Waals surface area contributed by atoms with E-state index in [1.807, 2.05) is 6.92 Å². The molecule has 10 heteroatoms. The molecule has 0 bridgehead atoms. The van der Waals surface area contributed by atoms with Crippen LogP contribution in [-0.4, -0.2) is 41.8 Å². The second-order valence-corrected chi connectivity index (χ2v) is 10.4. The molecule has 0 spiro atoms. The lowest BCUT2D eigenvalue weighted by Crippen LogP contribution is -2.30. The minimum atomic E-state index is -3.64. The largest absolute Gasteiger partial charge is 0.506 e. The molecule has 7 nitrogen and oxygen atoms in total. The molecular formula is C21H22Br2N2O5S. The molecule has 31 heavy (non-hydrogen) atoms. The monoisotopic (exact) mass is 572 g/mol. The lowest BCUT2D eigenvalue weighted by atomic mass is 9.98. The summed E-state index contributed by atoms with van der Waals surface area (Å²) in [5.41, 5.74) is 1.74. The van der Waals surface area contributed by atoms with E-state index >= 15 is 0 Å². The van der Waals surface area contributed by atoms with Crippen LogP contribution in [0.4, 0.5) is 0 Å². The first kappa shape index (κ1) is 23.8. The Hall–Kier alpha value is -1.88. The zero-order valence-electron chi connectivity index (χ0n) is 17.2. The maximum atomic E-state index is 12.9. The number of phenols is 1. The van der Waals surface area contributed by atoms with E-state index in [0.29, 0.717) is 56.3 Å². The van der Waals surface area contributed by atoms with Gasteiger partial charge in [-0.15, -0.1) is 0 Å². The second-order valence-electron chi connectivity index (χ2n) is 6.74. The first-order valence-corrected chi connectivity index (χ1v) is 12.7. The van der Waals surface area contributed by atoms with Gasteiger partial charge in [-0.3, -0.25) is 0 Å². The fraction of sp³-hybridized carbons (Fsp3) is 0.286. The molecule has 3 rings (SSSR count). The van der Waals surface area contributed by atoms with Crippen LogP contribution >= 0.6 is 31.9 Å². The molecule has 0 aliphatic rings. The van der Waals surface area contributed by atoms with Gasteiger partial charge in [-0.05, 0) is 56.1 Å². The standard InChI is InChI=1S/C21H22Br2N2O5S/c1-4-17-19(20(24-27)12-9-15(22)21(26)16(23)10-12)14-8-7-13(11-18(14)30-17)31(28,29)25(5-2)6-3/h7-11,26-27H,4-6H2,1-3H3. The van der Waals surface area contributed by atoms with Crippen molar-refractivity contribution in [3.8, 4) is 5.75 Å². The number of nitrogens with zero attached hydrogens (tertiary/aromatic N) is 2. The average Bonchev–Trinajstić information content (AvgIpc) is 3.11. The normalized spacial score (nSPS) is 12.8. The predicted molar refractivity (Wildman–Crippen MR) is 127 cm³/mol. The molecule has 2 N–H and O–H groups in total. The van der Waals surface area contributed by atoms with Crippen molar-refractivity contribution in [3.05, 3.63) is 56.2 Å². The molecule has 0 saturated heterocycles. The molecule has 0 aliphatic carbocycles. The molecule has 0 radical (unpaired) electrons. The predicted octanol–water partition coefficient (Wildman–Crippen LogP) is 5.48. The topological polar surface area (TPSA) is 103 Å². The van der Waals surface area contributed by atoms with Crippen LogP contribution in [0.2, 0.25) is 0 Å². The summed E-state index contributed by atoms with van der Waals surface area (Å²) in [6.07, 6.45) is 0.502. The van der Waals surface area contributed by atoms with Crippen LogP contribution in [0.25, 0.3) is 11.0 Å². The summed E-state index contributed by atoms with van der Waals surface area (Å²) in [5.74, 6) is 0.584. The third-order valence-electron chi connectivity index (χ3n) is 5.03. The number of oxime groups is 1. The molecule has 1 heterocycles. The first-order valence-electron chi connectivity index (χ1n) is 9.65. The van der Waals surface area contributed by atoms with Crippen LogP contribution < -0.4 is 0 Å². The summed E-state index contributed by atoms with van der Waals surface area (Å²) in [7, 11) is -3.64. The van der Waals surface area contributed by atoms with E-state index in [0.717, 1.165) is 0 Å². The smallest absolute Gasteiger partial charge is 0.243 e. The van der Waals surface area contributed by atoms with Gasteiger partial charge in [-0.1, -0.05) is 25.9 Å². The Bertz CT molecular complexity index is 1240. The Morgan fingerprint density at radius 1 is 1.10 bits per heavy atom. The van der Waals surface area contributed by atoms with E-state index in [4.69, 9.17) is 4.42 Å². The molecule has 166 valence electrons. The van der Waals surface area contributed by atoms with Crippen molar-refractivity contribution in [2.24, 2.45) is 5.16 Å². The zero-order chi connectivity index (χ0) is 22.9. The van der Waals surface area contributed by atoms with E-state index in [-0.39, 0.29) is 16.4 Å². The molecule has 0 fully saturated rings. The molecule has 2 aromatic carbocycles. The van der Waals surface area contributed by atoms with Crippen molar-refractivity contribution in [3.63, 3.8) is 0 Å². The van der Waals surface area contributed by atoms with Gasteiger partial charge in [0.05, 0.1) is 19.4 Å². The number of benzene rings is 2. The Labute approximate surface area is 197 Å². The summed E-state index contributed by atoms with van der Waals surface area (Å²) >= 11 is 6.58. The quantitative estimate of drug-likeness (QED) is 0.221. The van der Waals surface area contributed by atoms with Crippen LogP contribution in [0, 0.1) is 0 Å². The Morgan fingerprint density at radius 2 is 1.71 bits per heavy atom. The van der Waals surface area contributed by atoms with Crippen molar-refractivity contribution < 1.29 is 23.1 Å². The van der Waals surface area contributed by atoms with E-state index in [1.165, 1.54) is 16.4 Å². The number of aryl methyl sites for hydroxylation is 1. The van der Waals surface area contributed by atoms with Gasteiger partial charge in [0.1, 0.15) is 22.8 Å². The van der Waals surface area contributed by atoms with Crippen molar-refractivity contribution in [2.45, 2.75) is 32.1 Å². The van der Waals surface area contributed by atoms with Gasteiger partial charge in [0.15, 0.2) is 0 Å². The number of hydrogen-bond donors (Lipinski definition) is 2. The van der Waals surface area contributed by atoms with Crippen LogP contribution in [0.3, 0.4) is 0 Å². The maximum absolute atomic E-state index is 12.9. The number of sulfonamides is 1. The fourth-order valence-electron chi connectivity index (χ4n) is 3.46. The van der Waals surface area contributed by atoms with Gasteiger partial charge in [0, 0.05) is 36.5 Å². The molecule has 0 amide bonds. The van der Waals surface area contributed by atoms with Crippen LogP contribution in [-0.2, 0) is 16.4 Å². The molecule has 0 aliphatic heterocycles. The lowest BCUT2D eigenvalue weighted by Gasteiger charge is -2.18. The maximum Gasteiger partial charge on any atom is 0.243 e. The van der Waals surface area contributed by atoms with Crippen molar-refractivity contribution >= 4 is 58.6 Å². The van der Waals surface area contributed by atoms with E-state index in [9.17, 15) is 18.7 Å². The van der Waals surface area contributed by atoms with Gasteiger partial charge in [0.2, 0.25) is 10.0 Å². The number of furan rings is 1. The van der Waals surface area contributed by atoms with Gasteiger partial charge in [-0.25, -0.2) is 8.42 Å². The second kappa shape index (κ2) is 9.32. The third kappa shape index (κ3) is 4.26. The number of rotatable bonds is 7. The van der Waals surface area contributed by atoms with Gasteiger partial charge < -0.3 is 14.7 Å². The van der Waals surface area contributed by atoms with Gasteiger partial charge in [0.25, 0.3) is 0 Å². The summed E-state index contributed by atoms with van der Waals surface area (Å²) < 4.78 is 34.0. The Kier molecular flexibility index (Phi) is 7.14. The summed E-state index contributed by atoms with van der Waals surface area (Å²) in [6.45, 7) is 6.21. The minimum Gasteiger partial charge on any atom is -0.506 e. The number of fused-ring (bicyclic) bond motifs is 1. The molecule has 3 aromatic rings. The number of aromatic hydroxyl groups is 1. The highest BCUT2D eigenvalue weighted by molar-refractivity contribution is 9.11. The van der Waals surface area contributed by atoms with Crippen LogP contribution in [0.15, 0.2) is 53.7 Å². The molecule has 0 saturated carbocycles. The van der Waals surface area contributed by atoms with E-state index in [1.54, 1.807) is 32.0 Å². The van der Waals surface area contributed by atoms with Crippen molar-refractivity contribution in [1.29, 1.82) is 0 Å². The highest BCUT2D eigenvalue weighted by Gasteiger charge is 2.26. The third-order valence-corrected chi connectivity index (χ3v) is 8.28. The summed E-state index contributed by atoms with van der Waals surface area (Å²) in [4.78, 5) is 0.143. The minimum absolute atomic E-state index is 0.0278. The van der Waals surface area contributed by atoms with Gasteiger partial charge in [-0.2, -0.15) is 4.31 Å². The number of halogens is 2. The van der Waals surface area contributed by atoms with Gasteiger partial charge >= 0.3 is 0 Å². The number of phenolic OH excluding ortho intramolecular Hbond substituents is 1. The van der Waals surface area contributed by atoms with E-state index in [2.05, 4.69) is 37.0 Å². The summed E-state index contributed by atoms with van der Waals surface area (Å²) in [6, 6.07) is 7.97. The lowest BCUT2D eigenvalue weighted by molar-refractivity contribution is 0.319. The zero-order valence-corrected chi connectivity index (χ0v) is 21.2. The van der Waals surface area contributed by atoms with Crippen molar-refractivity contribution in [2.75, 3.05) is 13.1 Å². The highest BCUT2D eigenvalue weighted by atomic mass is 79.9. The van der Waals surface area contributed by atoms with Crippen molar-refractivity contribution in [1.82, 2.24) is 4.31 Å². The molecule has 1 aromatic heterocycles. The van der Waals surface area contributed by atoms with Crippen LogP contribution in [0.5, 0.6) is 5.75 Å². The molecular weight excluding hydrogens is 552 g/mol. The van der Waals surface area contributed by atoms with Crippen LogP contribution in [0.1, 0.15) is 37.7 Å². The average molecular weight is 574 g/mol. The van der Waals surface area contributed by atoms with E-state index < -0.39 is 10.0 Å². The molecule has 0 atom stereocenters. The Morgan fingerprint density at radius 3 is 2.23 bits per heavy atom. The highest BCUT2D eigenvalue weighted by Crippen LogP contribution is 2.36. The Balaban J connectivity index is 2.22. The molecule has 0 unspecified atom stereocenters.